The van der Waals surface area contributed by atoms with Gasteiger partial charge in [0, 0.05) is 30.6 Å². The van der Waals surface area contributed by atoms with E-state index in [4.69, 9.17) is 20.2 Å². The third-order valence-corrected chi connectivity index (χ3v) is 6.21. The highest BCUT2D eigenvalue weighted by Gasteiger charge is 2.16. The fourth-order valence-electron chi connectivity index (χ4n) is 4.34. The number of hydrogen-bond acceptors (Lipinski definition) is 8. The molecule has 1 aliphatic rings. The van der Waals surface area contributed by atoms with Crippen molar-refractivity contribution in [2.75, 3.05) is 69.5 Å². The van der Waals surface area contributed by atoms with E-state index in [2.05, 4.69) is 38.3 Å². The van der Waals surface area contributed by atoms with Crippen molar-refractivity contribution in [3.8, 4) is 16.9 Å². The zero-order valence-electron chi connectivity index (χ0n) is 20.8. The molecular formula is C28H32N6O2. The number of anilines is 4. The Morgan fingerprint density at radius 2 is 1.81 bits per heavy atom. The van der Waals surface area contributed by atoms with Gasteiger partial charge in [-0.05, 0) is 50.0 Å². The van der Waals surface area contributed by atoms with E-state index in [-0.39, 0.29) is 0 Å². The molecule has 1 aromatic heterocycles. The average molecular weight is 485 g/mol. The van der Waals surface area contributed by atoms with E-state index in [1.807, 2.05) is 62.6 Å². The van der Waals surface area contributed by atoms with Crippen molar-refractivity contribution in [3.05, 3.63) is 66.7 Å². The second-order valence-corrected chi connectivity index (χ2v) is 9.06. The van der Waals surface area contributed by atoms with Crippen LogP contribution < -0.4 is 20.7 Å². The third kappa shape index (κ3) is 5.35. The molecule has 2 heterocycles. The van der Waals surface area contributed by atoms with Crippen LogP contribution in [-0.2, 0) is 4.74 Å². The fourth-order valence-corrected chi connectivity index (χ4v) is 4.34. The van der Waals surface area contributed by atoms with Crippen molar-refractivity contribution in [1.29, 1.82) is 0 Å². The molecule has 186 valence electrons. The number of aromatic nitrogens is 2. The Hall–Kier alpha value is -3.88. The first kappa shape index (κ1) is 23.8. The summed E-state index contributed by atoms with van der Waals surface area (Å²) in [6.45, 7) is 4.60. The maximum Gasteiger partial charge on any atom is 0.229 e. The van der Waals surface area contributed by atoms with Crippen LogP contribution in [0.5, 0.6) is 5.75 Å². The number of morpholine rings is 1. The minimum Gasteiger partial charge on any atom is -0.492 e. The SMILES string of the molecule is CN(C)CCOc1cccc(-c2cccc3c(N)nc(Nc4ccccc4N4CCOCC4)nc23)c1. The average Bonchev–Trinajstić information content (AvgIpc) is 2.89. The number of para-hydroxylation sites is 3. The van der Waals surface area contributed by atoms with Crippen molar-refractivity contribution < 1.29 is 9.47 Å². The summed E-state index contributed by atoms with van der Waals surface area (Å²) in [4.78, 5) is 13.9. The van der Waals surface area contributed by atoms with Crippen LogP contribution in [0.1, 0.15) is 0 Å². The molecule has 0 unspecified atom stereocenters. The van der Waals surface area contributed by atoms with E-state index in [1.54, 1.807) is 0 Å². The van der Waals surface area contributed by atoms with Crippen LogP contribution in [0.3, 0.4) is 0 Å². The standard InChI is InChI=1S/C28H32N6O2/c1-33(2)13-18-36-21-8-5-7-20(19-21)22-9-6-10-23-26(22)31-28(32-27(23)29)30-24-11-3-4-12-25(24)34-14-16-35-17-15-34/h3-12,19H,13-18H2,1-2H3,(H3,29,30,31,32). The number of nitrogens with zero attached hydrogens (tertiary/aromatic N) is 4. The topological polar surface area (TPSA) is 88.8 Å². The van der Waals surface area contributed by atoms with Gasteiger partial charge < -0.3 is 30.3 Å². The number of nitrogen functional groups attached to an aromatic ring is 1. The third-order valence-electron chi connectivity index (χ3n) is 6.21. The summed E-state index contributed by atoms with van der Waals surface area (Å²) in [6.07, 6.45) is 0. The molecule has 0 atom stereocenters. The predicted molar refractivity (Wildman–Crippen MR) is 146 cm³/mol. The summed E-state index contributed by atoms with van der Waals surface area (Å²) < 4.78 is 11.5. The Balaban J connectivity index is 1.48. The molecule has 3 aromatic carbocycles. The summed E-state index contributed by atoms with van der Waals surface area (Å²) in [7, 11) is 4.07. The molecule has 4 aromatic rings. The van der Waals surface area contributed by atoms with Gasteiger partial charge in [0.1, 0.15) is 18.2 Å². The molecule has 36 heavy (non-hydrogen) atoms. The first-order valence-corrected chi connectivity index (χ1v) is 12.2. The molecular weight excluding hydrogens is 452 g/mol. The van der Waals surface area contributed by atoms with Crippen molar-refractivity contribution in [2.45, 2.75) is 0 Å². The highest BCUT2D eigenvalue weighted by Crippen LogP contribution is 2.34. The first-order valence-electron chi connectivity index (χ1n) is 12.2. The van der Waals surface area contributed by atoms with Crippen molar-refractivity contribution in [1.82, 2.24) is 14.9 Å². The summed E-state index contributed by atoms with van der Waals surface area (Å²) in [5.41, 5.74) is 11.2. The van der Waals surface area contributed by atoms with Gasteiger partial charge in [-0.25, -0.2) is 4.98 Å². The van der Waals surface area contributed by atoms with Crippen LogP contribution >= 0.6 is 0 Å². The Labute approximate surface area is 211 Å². The van der Waals surface area contributed by atoms with E-state index < -0.39 is 0 Å². The van der Waals surface area contributed by atoms with Crippen LogP contribution in [0.25, 0.3) is 22.0 Å². The second-order valence-electron chi connectivity index (χ2n) is 9.06. The van der Waals surface area contributed by atoms with Gasteiger partial charge in [0.2, 0.25) is 5.95 Å². The van der Waals surface area contributed by atoms with Gasteiger partial charge in [-0.2, -0.15) is 4.98 Å². The van der Waals surface area contributed by atoms with Crippen molar-refractivity contribution in [2.24, 2.45) is 0 Å². The van der Waals surface area contributed by atoms with Crippen LogP contribution in [0.15, 0.2) is 66.7 Å². The zero-order chi connectivity index (χ0) is 24.9. The monoisotopic (exact) mass is 484 g/mol. The van der Waals surface area contributed by atoms with Crippen molar-refractivity contribution >= 4 is 34.0 Å². The highest BCUT2D eigenvalue weighted by molar-refractivity contribution is 5.99. The second kappa shape index (κ2) is 10.8. The Kier molecular flexibility index (Phi) is 7.16. The summed E-state index contributed by atoms with van der Waals surface area (Å²) >= 11 is 0. The smallest absolute Gasteiger partial charge is 0.229 e. The summed E-state index contributed by atoms with van der Waals surface area (Å²) in [5, 5.41) is 4.24. The molecule has 0 aliphatic carbocycles. The molecule has 0 radical (unpaired) electrons. The van der Waals surface area contributed by atoms with Gasteiger partial charge in [-0.1, -0.05) is 36.4 Å². The molecule has 5 rings (SSSR count). The van der Waals surface area contributed by atoms with E-state index in [9.17, 15) is 0 Å². The highest BCUT2D eigenvalue weighted by atomic mass is 16.5. The molecule has 8 heteroatoms. The van der Waals surface area contributed by atoms with Gasteiger partial charge in [-0.15, -0.1) is 0 Å². The van der Waals surface area contributed by atoms with Gasteiger partial charge in [0.15, 0.2) is 0 Å². The van der Waals surface area contributed by atoms with Crippen LogP contribution in [0.2, 0.25) is 0 Å². The quantitative estimate of drug-likeness (QED) is 0.381. The van der Waals surface area contributed by atoms with Crippen LogP contribution in [0.4, 0.5) is 23.1 Å². The first-order chi connectivity index (χ1) is 17.6. The minimum absolute atomic E-state index is 0.437. The summed E-state index contributed by atoms with van der Waals surface area (Å²) in [5.74, 6) is 1.73. The molecule has 3 N–H and O–H groups in total. The Morgan fingerprint density at radius 1 is 1.00 bits per heavy atom. The van der Waals surface area contributed by atoms with E-state index in [0.29, 0.717) is 18.4 Å². The Morgan fingerprint density at radius 3 is 2.64 bits per heavy atom. The lowest BCUT2D eigenvalue weighted by Gasteiger charge is -2.30. The minimum atomic E-state index is 0.437. The number of nitrogens with one attached hydrogen (secondary N) is 1. The van der Waals surface area contributed by atoms with Crippen molar-refractivity contribution in [3.63, 3.8) is 0 Å². The normalized spacial score (nSPS) is 13.8. The molecule has 8 nitrogen and oxygen atoms in total. The Bertz CT molecular complexity index is 1340. The molecule has 1 aliphatic heterocycles. The molecule has 0 bridgehead atoms. The maximum absolute atomic E-state index is 6.42. The van der Waals surface area contributed by atoms with E-state index >= 15 is 0 Å². The van der Waals surface area contributed by atoms with Gasteiger partial charge in [0.25, 0.3) is 0 Å². The lowest BCUT2D eigenvalue weighted by atomic mass is 10.0. The van der Waals surface area contributed by atoms with E-state index in [0.717, 1.165) is 72.0 Å². The lowest BCUT2D eigenvalue weighted by Crippen LogP contribution is -2.36. The fraction of sp³-hybridized carbons (Fsp3) is 0.286. The van der Waals surface area contributed by atoms with Crippen LogP contribution in [0, 0.1) is 0 Å². The van der Waals surface area contributed by atoms with Crippen LogP contribution in [-0.4, -0.2) is 68.4 Å². The zero-order valence-corrected chi connectivity index (χ0v) is 20.8. The lowest BCUT2D eigenvalue weighted by molar-refractivity contribution is 0.123. The maximum atomic E-state index is 6.42. The molecule has 1 fully saturated rings. The number of nitrogens with two attached hydrogens (primary N) is 1. The number of benzene rings is 3. The van der Waals surface area contributed by atoms with Gasteiger partial charge >= 0.3 is 0 Å². The van der Waals surface area contributed by atoms with Gasteiger partial charge in [-0.3, -0.25) is 0 Å². The number of hydrogen-bond donors (Lipinski definition) is 2. The number of rotatable bonds is 8. The van der Waals surface area contributed by atoms with E-state index in [1.165, 1.54) is 0 Å². The largest absolute Gasteiger partial charge is 0.492 e. The predicted octanol–water partition coefficient (Wildman–Crippen LogP) is 4.40. The molecule has 0 saturated carbocycles. The molecule has 1 saturated heterocycles. The molecule has 0 amide bonds. The number of ether oxygens (including phenoxy) is 2. The number of likely N-dealkylation sites (N-methyl/N-ethyl adjacent to an activating group) is 1. The van der Waals surface area contributed by atoms with Gasteiger partial charge in [0.05, 0.1) is 30.1 Å². The summed E-state index contributed by atoms with van der Waals surface area (Å²) in [6, 6.07) is 22.3. The molecule has 0 spiro atoms. The number of fused-ring (bicyclic) bond motifs is 1.